The molecular formula is C83H142O17P2. The number of allylic oxidation sites excluding steroid dienone is 20. The van der Waals surface area contributed by atoms with Crippen LogP contribution in [0, 0.1) is 0 Å². The third-order valence-electron chi connectivity index (χ3n) is 16.4. The molecule has 0 saturated carbocycles. The lowest BCUT2D eigenvalue weighted by molar-refractivity contribution is -0.161. The van der Waals surface area contributed by atoms with Crippen LogP contribution in [-0.2, 0) is 65.4 Å². The van der Waals surface area contributed by atoms with E-state index < -0.39 is 97.5 Å². The molecule has 0 aromatic carbocycles. The van der Waals surface area contributed by atoms with E-state index >= 15 is 0 Å². The van der Waals surface area contributed by atoms with Crippen molar-refractivity contribution in [2.75, 3.05) is 39.6 Å². The van der Waals surface area contributed by atoms with Gasteiger partial charge in [-0.05, 0) is 128 Å². The lowest BCUT2D eigenvalue weighted by Crippen LogP contribution is -2.30. The number of phosphoric acid groups is 2. The molecule has 586 valence electrons. The number of esters is 4. The second-order valence-corrected chi connectivity index (χ2v) is 29.2. The molecule has 0 rings (SSSR count). The van der Waals surface area contributed by atoms with Gasteiger partial charge in [-0.1, -0.05) is 290 Å². The van der Waals surface area contributed by atoms with Gasteiger partial charge < -0.3 is 33.8 Å². The van der Waals surface area contributed by atoms with Crippen molar-refractivity contribution in [1.29, 1.82) is 0 Å². The fourth-order valence-electron chi connectivity index (χ4n) is 10.3. The quantitative estimate of drug-likeness (QED) is 0.0128. The zero-order valence-corrected chi connectivity index (χ0v) is 65.8. The first kappa shape index (κ1) is 97.5. The highest BCUT2D eigenvalue weighted by molar-refractivity contribution is 7.47. The molecule has 0 spiro atoms. The van der Waals surface area contributed by atoms with Gasteiger partial charge in [-0.3, -0.25) is 37.3 Å². The summed E-state index contributed by atoms with van der Waals surface area (Å²) < 4.78 is 68.4. The van der Waals surface area contributed by atoms with Gasteiger partial charge in [-0.2, -0.15) is 0 Å². The maximum Gasteiger partial charge on any atom is 0.472 e. The Labute approximate surface area is 619 Å². The van der Waals surface area contributed by atoms with E-state index in [1.165, 1.54) is 122 Å². The Kier molecular flexibility index (Phi) is 71.4. The molecule has 17 nitrogen and oxygen atoms in total. The van der Waals surface area contributed by atoms with Crippen molar-refractivity contribution in [1.82, 2.24) is 0 Å². The molecule has 0 aliphatic rings. The summed E-state index contributed by atoms with van der Waals surface area (Å²) in [6.45, 7) is 4.67. The third-order valence-corrected chi connectivity index (χ3v) is 18.3. The summed E-state index contributed by atoms with van der Waals surface area (Å²) in [5.41, 5.74) is 0. The molecule has 0 aromatic heterocycles. The van der Waals surface area contributed by atoms with E-state index in [1.807, 2.05) is 24.3 Å². The van der Waals surface area contributed by atoms with Crippen LogP contribution in [0.3, 0.4) is 0 Å². The Morgan fingerprint density at radius 1 is 0.284 bits per heavy atom. The summed E-state index contributed by atoms with van der Waals surface area (Å²) in [4.78, 5) is 72.9. The lowest BCUT2D eigenvalue weighted by atomic mass is 10.0. The first-order chi connectivity index (χ1) is 49.7. The molecule has 0 heterocycles. The van der Waals surface area contributed by atoms with Gasteiger partial charge in [-0.25, -0.2) is 9.13 Å². The molecule has 0 aromatic rings. The van der Waals surface area contributed by atoms with Crippen molar-refractivity contribution in [2.24, 2.45) is 0 Å². The maximum absolute atomic E-state index is 13.1. The third kappa shape index (κ3) is 73.8. The Bertz CT molecular complexity index is 2410. The van der Waals surface area contributed by atoms with Crippen LogP contribution >= 0.6 is 15.6 Å². The number of rotatable bonds is 74. The number of aliphatic hydroxyl groups is 1. The summed E-state index contributed by atoms with van der Waals surface area (Å²) >= 11 is 0. The molecule has 0 saturated heterocycles. The molecule has 0 aliphatic heterocycles. The fourth-order valence-corrected chi connectivity index (χ4v) is 11.9. The van der Waals surface area contributed by atoms with Crippen LogP contribution in [-0.4, -0.2) is 96.7 Å². The highest BCUT2D eigenvalue weighted by atomic mass is 31.2. The smallest absolute Gasteiger partial charge is 0.462 e. The molecule has 19 heteroatoms. The summed E-state index contributed by atoms with van der Waals surface area (Å²) in [5, 5.41) is 10.6. The van der Waals surface area contributed by atoms with Gasteiger partial charge in [-0.15, -0.1) is 0 Å². The highest BCUT2D eigenvalue weighted by Gasteiger charge is 2.30. The van der Waals surface area contributed by atoms with E-state index in [1.54, 1.807) is 0 Å². The molecule has 0 amide bonds. The van der Waals surface area contributed by atoms with Crippen LogP contribution in [0.15, 0.2) is 122 Å². The number of unbranched alkanes of at least 4 members (excludes halogenated alkanes) is 29. The molecule has 0 fully saturated rings. The number of hydrogen-bond acceptors (Lipinski definition) is 15. The molecule has 0 radical (unpaired) electrons. The van der Waals surface area contributed by atoms with Gasteiger partial charge in [0.05, 0.1) is 26.4 Å². The van der Waals surface area contributed by atoms with Gasteiger partial charge in [0, 0.05) is 25.7 Å². The van der Waals surface area contributed by atoms with Crippen LogP contribution in [0.2, 0.25) is 0 Å². The van der Waals surface area contributed by atoms with Crippen molar-refractivity contribution in [3.63, 3.8) is 0 Å². The van der Waals surface area contributed by atoms with E-state index in [0.29, 0.717) is 38.5 Å². The van der Waals surface area contributed by atoms with Crippen molar-refractivity contribution in [2.45, 2.75) is 341 Å². The number of carbonyl (C=O) groups is 4. The van der Waals surface area contributed by atoms with Gasteiger partial charge in [0.1, 0.15) is 19.3 Å². The summed E-state index contributed by atoms with van der Waals surface area (Å²) in [6, 6.07) is 0. The average molecular weight is 1470 g/mol. The summed E-state index contributed by atoms with van der Waals surface area (Å²) in [6.07, 6.45) is 81.9. The van der Waals surface area contributed by atoms with Gasteiger partial charge in [0.25, 0.3) is 0 Å². The lowest BCUT2D eigenvalue weighted by Gasteiger charge is -2.21. The van der Waals surface area contributed by atoms with Crippen molar-refractivity contribution < 1.29 is 80.2 Å². The largest absolute Gasteiger partial charge is 0.472 e. The molecule has 0 aliphatic carbocycles. The highest BCUT2D eigenvalue weighted by Crippen LogP contribution is 2.45. The molecule has 0 bridgehead atoms. The Morgan fingerprint density at radius 2 is 0.520 bits per heavy atom. The van der Waals surface area contributed by atoms with E-state index in [9.17, 15) is 43.2 Å². The Balaban J connectivity index is 5.47. The van der Waals surface area contributed by atoms with E-state index in [0.717, 1.165) is 109 Å². The van der Waals surface area contributed by atoms with Gasteiger partial charge in [0.2, 0.25) is 0 Å². The average Bonchev–Trinajstić information content (AvgIpc) is 0.951. The van der Waals surface area contributed by atoms with E-state index in [4.69, 9.17) is 37.0 Å². The predicted molar refractivity (Wildman–Crippen MR) is 418 cm³/mol. The topological polar surface area (TPSA) is 237 Å². The van der Waals surface area contributed by atoms with E-state index in [2.05, 4.69) is 125 Å². The van der Waals surface area contributed by atoms with Crippen LogP contribution in [0.1, 0.15) is 323 Å². The zero-order valence-electron chi connectivity index (χ0n) is 64.0. The SMILES string of the molecule is CCCCC/C=C\C/C=C\C/C=C\C/C=C\CCCC(=O)OC[C@H](COP(=O)(O)OC[C@@H](O)COP(=O)(O)OC[C@@H](COC(=O)CCCCCCCCCCCCCCC)OC(=O)CCC/C=C\C/C=C\C/C=C\C/C=C\CCCCC)OC(=O)CCCCCCC/C=C\C=C/CCCCCC. The van der Waals surface area contributed by atoms with Crippen LogP contribution in [0.5, 0.6) is 0 Å². The van der Waals surface area contributed by atoms with Crippen molar-refractivity contribution in [3.8, 4) is 0 Å². The predicted octanol–water partition coefficient (Wildman–Crippen LogP) is 23.1. The number of carbonyl (C=O) groups excluding carboxylic acids is 4. The number of ether oxygens (including phenoxy) is 4. The molecule has 102 heavy (non-hydrogen) atoms. The second kappa shape index (κ2) is 74.7. The first-order valence-electron chi connectivity index (χ1n) is 39.8. The minimum absolute atomic E-state index is 0.0176. The normalized spacial score (nSPS) is 14.5. The minimum atomic E-state index is -5.00. The molecular weight excluding hydrogens is 1330 g/mol. The van der Waals surface area contributed by atoms with Gasteiger partial charge >= 0.3 is 39.5 Å². The number of hydrogen-bond donors (Lipinski definition) is 3. The number of aliphatic hydroxyl groups excluding tert-OH is 1. The zero-order chi connectivity index (χ0) is 74.6. The Morgan fingerprint density at radius 3 is 0.873 bits per heavy atom. The maximum atomic E-state index is 13.1. The van der Waals surface area contributed by atoms with Crippen LogP contribution < -0.4 is 0 Å². The first-order valence-corrected chi connectivity index (χ1v) is 42.8. The van der Waals surface area contributed by atoms with Gasteiger partial charge in [0.15, 0.2) is 12.2 Å². The van der Waals surface area contributed by atoms with Crippen LogP contribution in [0.25, 0.3) is 0 Å². The minimum Gasteiger partial charge on any atom is -0.462 e. The molecule has 5 atom stereocenters. The fraction of sp³-hybridized carbons (Fsp3) is 0.711. The Hall–Kier alpha value is -4.54. The second-order valence-electron chi connectivity index (χ2n) is 26.3. The summed E-state index contributed by atoms with van der Waals surface area (Å²) in [7, 11) is -9.99. The van der Waals surface area contributed by atoms with Crippen molar-refractivity contribution >= 4 is 39.5 Å². The number of phosphoric ester groups is 2. The molecule has 3 N–H and O–H groups in total. The standard InChI is InChI=1S/C83H142O17P2/c1-5-9-13-17-21-25-29-33-36-38-41-44-48-52-56-60-64-68-81(86)94-74-79(99-82(87)69-65-61-57-53-49-45-40-35-31-27-23-19-15-11-7-3)76-98-102(91,92)96-72-77(84)71-95-101(89,90)97-75-78(73-93-80(85)67-63-59-55-51-47-43-32-28-24-20-16-12-8-4)100-83(88)70-66-62-58-54-50-46-42-39-37-34-30-26-22-18-14-10-6-2/h21-22,25-27,31,33-37,40-42,44,46,52,54,56,58,77-79,84H,5-20,23-24,28-30,32,38-39,43,45,47-51,53,55,57,59-76H2,1-4H3,(H,89,90)(H,91,92)/b25-21-,26-22-,31-27-,36-33-,37-34-,40-35-,44-41-,46-42-,56-52-,58-54-/t77-,78+,79+/m0/s1. The van der Waals surface area contributed by atoms with Crippen molar-refractivity contribution in [3.05, 3.63) is 122 Å². The van der Waals surface area contributed by atoms with E-state index in [-0.39, 0.29) is 25.7 Å². The monoisotopic (exact) mass is 1470 g/mol. The molecule has 2 unspecified atom stereocenters. The summed E-state index contributed by atoms with van der Waals surface area (Å²) in [5.74, 6) is -2.32. The van der Waals surface area contributed by atoms with Crippen LogP contribution in [0.4, 0.5) is 0 Å².